The first-order valence-electron chi connectivity index (χ1n) is 13.1. The number of nitrogens with one attached hydrogen (secondary N) is 2. The molecule has 0 unspecified atom stereocenters. The molecule has 210 valence electrons. The van der Waals surface area contributed by atoms with Gasteiger partial charge in [-0.1, -0.05) is 23.7 Å². The van der Waals surface area contributed by atoms with Crippen LogP contribution in [0.15, 0.2) is 65.8 Å². The van der Waals surface area contributed by atoms with Gasteiger partial charge in [0.05, 0.1) is 4.90 Å². The number of amides is 3. The summed E-state index contributed by atoms with van der Waals surface area (Å²) in [6.07, 6.45) is 4.80. The van der Waals surface area contributed by atoms with Crippen LogP contribution >= 0.6 is 11.6 Å². The number of nitrogens with zero attached hydrogens (tertiary/aromatic N) is 3. The van der Waals surface area contributed by atoms with Crippen LogP contribution in [0.3, 0.4) is 0 Å². The molecule has 0 radical (unpaired) electrons. The van der Waals surface area contributed by atoms with E-state index in [1.807, 2.05) is 0 Å². The fourth-order valence-electron chi connectivity index (χ4n) is 5.28. The number of likely N-dealkylation sites (tertiary alicyclic amines) is 2. The third-order valence-corrected chi connectivity index (χ3v) is 9.16. The van der Waals surface area contributed by atoms with E-state index in [1.165, 1.54) is 17.0 Å². The van der Waals surface area contributed by atoms with Crippen molar-refractivity contribution in [3.63, 3.8) is 0 Å². The van der Waals surface area contributed by atoms with E-state index in [0.717, 1.165) is 11.8 Å². The number of carbonyl (C=O) groups excluding carboxylic acids is 3. The highest BCUT2D eigenvalue weighted by Crippen LogP contribution is 2.24. The molecule has 3 aromatic rings. The molecule has 0 aliphatic carbocycles. The summed E-state index contributed by atoms with van der Waals surface area (Å²) in [6.45, 7) is 2.78. The lowest BCUT2D eigenvalue weighted by atomic mass is 10.0. The van der Waals surface area contributed by atoms with Gasteiger partial charge in [-0.25, -0.2) is 8.42 Å². The normalized spacial score (nSPS) is 20.5. The molecule has 0 saturated carbocycles. The number of halogens is 1. The number of fused-ring (bicyclic) bond motifs is 1. The van der Waals surface area contributed by atoms with Gasteiger partial charge >= 0.3 is 0 Å². The minimum Gasteiger partial charge on any atom is -0.348 e. The summed E-state index contributed by atoms with van der Waals surface area (Å²) < 4.78 is 28.7. The number of carbonyl (C=O) groups is 3. The van der Waals surface area contributed by atoms with Gasteiger partial charge in [0, 0.05) is 48.7 Å². The van der Waals surface area contributed by atoms with E-state index >= 15 is 0 Å². The molecular formula is C28H30ClN5O5S. The maximum Gasteiger partial charge on any atom is 0.251 e. The van der Waals surface area contributed by atoms with Crippen LogP contribution in [0.2, 0.25) is 5.02 Å². The van der Waals surface area contributed by atoms with Crippen LogP contribution < -0.4 is 10.0 Å². The highest BCUT2D eigenvalue weighted by molar-refractivity contribution is 7.89. The second-order valence-corrected chi connectivity index (χ2v) is 12.3. The summed E-state index contributed by atoms with van der Waals surface area (Å²) >= 11 is 6.02. The Morgan fingerprint density at radius 1 is 1.02 bits per heavy atom. The van der Waals surface area contributed by atoms with E-state index in [-0.39, 0.29) is 35.7 Å². The van der Waals surface area contributed by atoms with Crippen LogP contribution in [0, 0.1) is 0 Å². The number of piperidine rings is 1. The lowest BCUT2D eigenvalue weighted by molar-refractivity contribution is -0.144. The Morgan fingerprint density at radius 3 is 2.52 bits per heavy atom. The maximum atomic E-state index is 13.4. The number of hydrogen-bond acceptors (Lipinski definition) is 6. The van der Waals surface area contributed by atoms with Crippen LogP contribution in [-0.4, -0.2) is 78.7 Å². The molecule has 3 heterocycles. The largest absolute Gasteiger partial charge is 0.348 e. The summed E-state index contributed by atoms with van der Waals surface area (Å²) in [7, 11) is -3.98. The third-order valence-electron chi connectivity index (χ3n) is 7.46. The number of pyridine rings is 1. The standard InChI is InChI=1S/C28H30ClN5O5S/c1-18(27(36)33-13-2-3-23(17-33)31-26(35)19-8-11-30-12-9-19)34-14-10-25(28(34)37)32-40(38,39)24-7-5-20-15-22(29)6-4-21(20)16-24/h4-9,11-12,15-16,18,23,25,32H,2-3,10,13-14,17H2,1H3,(H,31,35)/t18-,23-,25-/m0/s1. The van der Waals surface area contributed by atoms with Crippen molar-refractivity contribution in [3.05, 3.63) is 71.5 Å². The van der Waals surface area contributed by atoms with Gasteiger partial charge in [0.15, 0.2) is 0 Å². The van der Waals surface area contributed by atoms with E-state index < -0.39 is 28.0 Å². The fraction of sp³-hybridized carbons (Fsp3) is 0.357. The second kappa shape index (κ2) is 11.5. The lowest BCUT2D eigenvalue weighted by Gasteiger charge is -2.36. The van der Waals surface area contributed by atoms with E-state index in [9.17, 15) is 22.8 Å². The lowest BCUT2D eigenvalue weighted by Crippen LogP contribution is -2.55. The van der Waals surface area contributed by atoms with E-state index in [0.29, 0.717) is 35.5 Å². The fourth-order valence-corrected chi connectivity index (χ4v) is 6.72. The monoisotopic (exact) mass is 583 g/mol. The van der Waals surface area contributed by atoms with Gasteiger partial charge < -0.3 is 15.1 Å². The Hall–Kier alpha value is -3.54. The summed E-state index contributed by atoms with van der Waals surface area (Å²) in [5.41, 5.74) is 0.496. The minimum atomic E-state index is -3.98. The smallest absolute Gasteiger partial charge is 0.251 e. The predicted molar refractivity (Wildman–Crippen MR) is 150 cm³/mol. The molecule has 40 heavy (non-hydrogen) atoms. The molecule has 2 aliphatic rings. The molecule has 2 N–H and O–H groups in total. The second-order valence-electron chi connectivity index (χ2n) is 10.2. The molecule has 0 spiro atoms. The van der Waals surface area contributed by atoms with Gasteiger partial charge in [-0.15, -0.1) is 0 Å². The van der Waals surface area contributed by atoms with Crippen molar-refractivity contribution in [2.45, 2.75) is 49.2 Å². The van der Waals surface area contributed by atoms with Crippen molar-refractivity contribution >= 4 is 50.1 Å². The van der Waals surface area contributed by atoms with Gasteiger partial charge in [-0.2, -0.15) is 4.72 Å². The Bertz CT molecular complexity index is 1550. The first-order valence-corrected chi connectivity index (χ1v) is 15.0. The molecule has 2 aliphatic heterocycles. The SMILES string of the molecule is C[C@@H](C(=O)N1CCC[C@H](NC(=O)c2ccncc2)C1)N1CC[C@H](NS(=O)(=O)c2ccc3cc(Cl)ccc3c2)C1=O. The molecule has 3 atom stereocenters. The van der Waals surface area contributed by atoms with Crippen LogP contribution in [0.1, 0.15) is 36.5 Å². The first-order chi connectivity index (χ1) is 19.1. The number of sulfonamides is 1. The number of benzene rings is 2. The van der Waals surface area contributed by atoms with Crippen molar-refractivity contribution in [2.24, 2.45) is 0 Å². The van der Waals surface area contributed by atoms with Crippen molar-refractivity contribution < 1.29 is 22.8 Å². The van der Waals surface area contributed by atoms with Crippen LogP contribution in [0.5, 0.6) is 0 Å². The zero-order chi connectivity index (χ0) is 28.4. The zero-order valence-corrected chi connectivity index (χ0v) is 23.5. The Labute approximate surface area is 237 Å². The minimum absolute atomic E-state index is 0.0471. The molecular weight excluding hydrogens is 554 g/mol. The van der Waals surface area contributed by atoms with Crippen molar-refractivity contribution in [1.82, 2.24) is 24.8 Å². The van der Waals surface area contributed by atoms with E-state index in [2.05, 4.69) is 15.0 Å². The molecule has 2 aromatic carbocycles. The van der Waals surface area contributed by atoms with Crippen LogP contribution in [-0.2, 0) is 19.6 Å². The molecule has 10 nitrogen and oxygen atoms in total. The molecule has 12 heteroatoms. The third kappa shape index (κ3) is 5.96. The summed E-state index contributed by atoms with van der Waals surface area (Å²) in [4.78, 5) is 46.2. The maximum absolute atomic E-state index is 13.4. The predicted octanol–water partition coefficient (Wildman–Crippen LogP) is 2.58. The highest BCUT2D eigenvalue weighted by Gasteiger charge is 2.40. The summed E-state index contributed by atoms with van der Waals surface area (Å²) in [5, 5.41) is 5.04. The van der Waals surface area contributed by atoms with E-state index in [4.69, 9.17) is 11.6 Å². The van der Waals surface area contributed by atoms with Gasteiger partial charge in [-0.05, 0) is 73.4 Å². The molecule has 2 fully saturated rings. The molecule has 5 rings (SSSR count). The summed E-state index contributed by atoms with van der Waals surface area (Å²) in [5.74, 6) is -0.890. The Balaban J connectivity index is 1.20. The van der Waals surface area contributed by atoms with Crippen molar-refractivity contribution in [1.29, 1.82) is 0 Å². The highest BCUT2D eigenvalue weighted by atomic mass is 35.5. The Morgan fingerprint density at radius 2 is 1.75 bits per heavy atom. The van der Waals surface area contributed by atoms with Gasteiger partial charge in [0.2, 0.25) is 21.8 Å². The molecule has 3 amide bonds. The average molecular weight is 584 g/mol. The molecule has 0 bridgehead atoms. The summed E-state index contributed by atoms with van der Waals surface area (Å²) in [6, 6.07) is 11.2. The van der Waals surface area contributed by atoms with Gasteiger partial charge in [-0.3, -0.25) is 19.4 Å². The molecule has 1 aromatic heterocycles. The zero-order valence-electron chi connectivity index (χ0n) is 21.9. The number of hydrogen-bond donors (Lipinski definition) is 2. The first kappa shape index (κ1) is 28.0. The quantitative estimate of drug-likeness (QED) is 0.440. The average Bonchev–Trinajstić information content (AvgIpc) is 3.31. The van der Waals surface area contributed by atoms with Crippen LogP contribution in [0.4, 0.5) is 0 Å². The number of aromatic nitrogens is 1. The van der Waals surface area contributed by atoms with E-state index in [1.54, 1.807) is 60.6 Å². The topological polar surface area (TPSA) is 129 Å². The van der Waals surface area contributed by atoms with Crippen molar-refractivity contribution in [3.8, 4) is 0 Å². The van der Waals surface area contributed by atoms with Gasteiger partial charge in [0.25, 0.3) is 5.91 Å². The van der Waals surface area contributed by atoms with Crippen molar-refractivity contribution in [2.75, 3.05) is 19.6 Å². The number of rotatable bonds is 7. The van der Waals surface area contributed by atoms with Gasteiger partial charge in [0.1, 0.15) is 12.1 Å². The van der Waals surface area contributed by atoms with Crippen LogP contribution in [0.25, 0.3) is 10.8 Å². The Kier molecular flexibility index (Phi) is 8.07. The molecule has 2 saturated heterocycles.